The topological polar surface area (TPSA) is 67.5 Å². The van der Waals surface area contributed by atoms with Crippen LogP contribution in [0.15, 0.2) is 16.9 Å². The van der Waals surface area contributed by atoms with E-state index in [0.717, 1.165) is 35.6 Å². The Bertz CT molecular complexity index is 903. The van der Waals surface area contributed by atoms with Gasteiger partial charge in [0.1, 0.15) is 5.82 Å². The standard InChI is InChI=1S/C20H26ClN3O3/c1-20(2,3)19-22-15-6-7-24(11-14(15)18(25)23-19)10-12-8-13(21)9-16(26-4)17(12)27-5/h8-9H,6-7,10-11H2,1-5H3,(H,22,23,25). The molecule has 0 atom stereocenters. The number of aromatic amines is 1. The van der Waals surface area contributed by atoms with Crippen LogP contribution in [0.1, 0.15) is 43.4 Å². The van der Waals surface area contributed by atoms with Crippen LogP contribution in [0.5, 0.6) is 11.5 Å². The average Bonchev–Trinajstić information content (AvgIpc) is 2.60. The number of methoxy groups -OCH3 is 2. The lowest BCUT2D eigenvalue weighted by Crippen LogP contribution is -2.37. The fourth-order valence-electron chi connectivity index (χ4n) is 3.34. The molecule has 2 heterocycles. The normalized spacial score (nSPS) is 14.7. The minimum absolute atomic E-state index is 0.0507. The predicted octanol–water partition coefficient (Wildman–Crippen LogP) is 3.30. The summed E-state index contributed by atoms with van der Waals surface area (Å²) in [6.07, 6.45) is 0.738. The van der Waals surface area contributed by atoms with E-state index in [0.29, 0.717) is 29.6 Å². The summed E-state index contributed by atoms with van der Waals surface area (Å²) in [7, 11) is 3.20. The molecule has 0 bridgehead atoms. The van der Waals surface area contributed by atoms with Crippen molar-refractivity contribution >= 4 is 11.6 Å². The Balaban J connectivity index is 1.88. The second-order valence-corrected chi connectivity index (χ2v) is 8.29. The van der Waals surface area contributed by atoms with Crippen LogP contribution in [0.2, 0.25) is 5.02 Å². The molecule has 27 heavy (non-hydrogen) atoms. The van der Waals surface area contributed by atoms with E-state index < -0.39 is 0 Å². The van der Waals surface area contributed by atoms with Gasteiger partial charge in [-0.1, -0.05) is 32.4 Å². The average molecular weight is 392 g/mol. The lowest BCUT2D eigenvalue weighted by Gasteiger charge is -2.29. The number of H-pyrrole nitrogens is 1. The number of hydrogen-bond donors (Lipinski definition) is 1. The first-order valence-corrected chi connectivity index (χ1v) is 9.36. The van der Waals surface area contributed by atoms with Crippen molar-refractivity contribution in [3.8, 4) is 11.5 Å². The second kappa shape index (κ2) is 7.52. The first-order chi connectivity index (χ1) is 12.7. The zero-order chi connectivity index (χ0) is 19.8. The fraction of sp³-hybridized carbons (Fsp3) is 0.500. The Morgan fingerprint density at radius 1 is 1.26 bits per heavy atom. The van der Waals surface area contributed by atoms with Gasteiger partial charge in [-0.25, -0.2) is 4.98 Å². The molecule has 0 radical (unpaired) electrons. The number of benzene rings is 1. The second-order valence-electron chi connectivity index (χ2n) is 7.85. The highest BCUT2D eigenvalue weighted by atomic mass is 35.5. The van der Waals surface area contributed by atoms with Gasteiger partial charge >= 0.3 is 0 Å². The van der Waals surface area contributed by atoms with Gasteiger partial charge in [-0.05, 0) is 6.07 Å². The van der Waals surface area contributed by atoms with E-state index in [1.807, 2.05) is 26.8 Å². The van der Waals surface area contributed by atoms with Crippen LogP contribution < -0.4 is 15.0 Å². The van der Waals surface area contributed by atoms with Gasteiger partial charge < -0.3 is 14.5 Å². The third kappa shape index (κ3) is 4.12. The molecule has 1 aromatic heterocycles. The van der Waals surface area contributed by atoms with E-state index in [-0.39, 0.29) is 11.0 Å². The van der Waals surface area contributed by atoms with Gasteiger partial charge in [-0.3, -0.25) is 9.69 Å². The number of halogens is 1. The van der Waals surface area contributed by atoms with E-state index >= 15 is 0 Å². The molecule has 1 N–H and O–H groups in total. The lowest BCUT2D eigenvalue weighted by molar-refractivity contribution is 0.236. The first kappa shape index (κ1) is 19.7. The minimum Gasteiger partial charge on any atom is -0.493 e. The molecule has 2 aromatic rings. The van der Waals surface area contributed by atoms with Crippen LogP contribution in [0, 0.1) is 0 Å². The number of fused-ring (bicyclic) bond motifs is 1. The number of hydrogen-bond acceptors (Lipinski definition) is 5. The molecule has 0 saturated heterocycles. The molecule has 146 valence electrons. The van der Waals surface area contributed by atoms with E-state index in [1.165, 1.54) is 0 Å². The highest BCUT2D eigenvalue weighted by molar-refractivity contribution is 6.30. The molecular formula is C20H26ClN3O3. The Labute approximate surface area is 164 Å². The molecule has 0 fully saturated rings. The molecule has 0 aliphatic carbocycles. The molecule has 0 spiro atoms. The van der Waals surface area contributed by atoms with E-state index in [2.05, 4.69) is 9.88 Å². The van der Waals surface area contributed by atoms with Crippen LogP contribution in [0.25, 0.3) is 0 Å². The van der Waals surface area contributed by atoms with Gasteiger partial charge in [0.2, 0.25) is 0 Å². The summed E-state index contributed by atoms with van der Waals surface area (Å²) in [6, 6.07) is 3.61. The van der Waals surface area contributed by atoms with Crippen molar-refractivity contribution in [2.24, 2.45) is 0 Å². The molecule has 1 aromatic carbocycles. The Morgan fingerprint density at radius 3 is 2.63 bits per heavy atom. The molecule has 0 saturated carbocycles. The molecule has 6 nitrogen and oxygen atoms in total. The lowest BCUT2D eigenvalue weighted by atomic mass is 9.95. The van der Waals surface area contributed by atoms with Crippen molar-refractivity contribution in [1.29, 1.82) is 0 Å². The summed E-state index contributed by atoms with van der Waals surface area (Å²) in [6.45, 7) is 8.11. The summed E-state index contributed by atoms with van der Waals surface area (Å²) in [5.41, 5.74) is 2.33. The van der Waals surface area contributed by atoms with Gasteiger partial charge in [-0.2, -0.15) is 0 Å². The third-order valence-electron chi connectivity index (χ3n) is 4.77. The maximum atomic E-state index is 12.6. The molecule has 1 aliphatic heterocycles. The van der Waals surface area contributed by atoms with Crippen molar-refractivity contribution in [3.05, 3.63) is 50.2 Å². The quantitative estimate of drug-likeness (QED) is 0.866. The van der Waals surface area contributed by atoms with Crippen LogP contribution in [-0.4, -0.2) is 35.6 Å². The highest BCUT2D eigenvalue weighted by Gasteiger charge is 2.25. The van der Waals surface area contributed by atoms with Crippen LogP contribution in [-0.2, 0) is 24.9 Å². The van der Waals surface area contributed by atoms with Crippen molar-refractivity contribution < 1.29 is 9.47 Å². The fourth-order valence-corrected chi connectivity index (χ4v) is 3.57. The summed E-state index contributed by atoms with van der Waals surface area (Å²) in [4.78, 5) is 22.5. The van der Waals surface area contributed by atoms with Gasteiger partial charge in [-0.15, -0.1) is 0 Å². The van der Waals surface area contributed by atoms with E-state index in [9.17, 15) is 4.79 Å². The molecule has 3 rings (SSSR count). The van der Waals surface area contributed by atoms with Crippen LogP contribution in [0.3, 0.4) is 0 Å². The van der Waals surface area contributed by atoms with Crippen molar-refractivity contribution in [2.75, 3.05) is 20.8 Å². The summed E-state index contributed by atoms with van der Waals surface area (Å²) in [5, 5.41) is 0.592. The molecule has 7 heteroatoms. The number of nitrogens with one attached hydrogen (secondary N) is 1. The third-order valence-corrected chi connectivity index (χ3v) is 4.99. The SMILES string of the molecule is COc1cc(Cl)cc(CN2CCc3nc(C(C)(C)C)[nH]c(=O)c3C2)c1OC. The number of nitrogens with zero attached hydrogens (tertiary/aromatic N) is 2. The van der Waals surface area contributed by atoms with Gasteiger partial charge in [0.15, 0.2) is 11.5 Å². The molecule has 0 amide bonds. The largest absolute Gasteiger partial charge is 0.493 e. The maximum Gasteiger partial charge on any atom is 0.255 e. The molecule has 1 aliphatic rings. The van der Waals surface area contributed by atoms with Crippen molar-refractivity contribution in [1.82, 2.24) is 14.9 Å². The summed E-state index contributed by atoms with van der Waals surface area (Å²) in [5.74, 6) is 2.01. The monoisotopic (exact) mass is 391 g/mol. The Kier molecular flexibility index (Phi) is 5.49. The van der Waals surface area contributed by atoms with Gasteiger partial charge in [0, 0.05) is 48.1 Å². The highest BCUT2D eigenvalue weighted by Crippen LogP contribution is 2.35. The number of ether oxygens (including phenoxy) is 2. The van der Waals surface area contributed by atoms with Crippen LogP contribution in [0.4, 0.5) is 0 Å². The first-order valence-electron chi connectivity index (χ1n) is 8.98. The van der Waals surface area contributed by atoms with E-state index in [4.69, 9.17) is 26.1 Å². The minimum atomic E-state index is -0.184. The summed E-state index contributed by atoms with van der Waals surface area (Å²) >= 11 is 6.22. The molecular weight excluding hydrogens is 366 g/mol. The maximum absolute atomic E-state index is 12.6. The van der Waals surface area contributed by atoms with E-state index in [1.54, 1.807) is 20.3 Å². The Hall–Kier alpha value is -2.05. The number of aromatic nitrogens is 2. The van der Waals surface area contributed by atoms with Crippen molar-refractivity contribution in [2.45, 2.75) is 45.7 Å². The molecule has 0 unspecified atom stereocenters. The number of rotatable bonds is 4. The van der Waals surface area contributed by atoms with Gasteiger partial charge in [0.25, 0.3) is 5.56 Å². The predicted molar refractivity (Wildman–Crippen MR) is 106 cm³/mol. The zero-order valence-electron chi connectivity index (χ0n) is 16.5. The van der Waals surface area contributed by atoms with Crippen molar-refractivity contribution in [3.63, 3.8) is 0 Å². The Morgan fingerprint density at radius 2 is 2.00 bits per heavy atom. The zero-order valence-corrected chi connectivity index (χ0v) is 17.2. The smallest absolute Gasteiger partial charge is 0.255 e. The van der Waals surface area contributed by atoms with Gasteiger partial charge in [0.05, 0.1) is 25.5 Å². The summed E-state index contributed by atoms with van der Waals surface area (Å²) < 4.78 is 10.9. The van der Waals surface area contributed by atoms with Crippen LogP contribution >= 0.6 is 11.6 Å².